The Morgan fingerprint density at radius 2 is 2.19 bits per heavy atom. The molecule has 0 aliphatic carbocycles. The summed E-state index contributed by atoms with van der Waals surface area (Å²) in [5.74, 6) is 0.168. The lowest BCUT2D eigenvalue weighted by atomic mass is 9.99. The first-order chi connectivity index (χ1) is 12.0. The van der Waals surface area contributed by atoms with Crippen LogP contribution in [0.3, 0.4) is 0 Å². The first-order valence-corrected chi connectivity index (χ1v) is 10.5. The van der Waals surface area contributed by atoms with Crippen molar-refractivity contribution in [1.82, 2.24) is 24.5 Å². The fourth-order valence-corrected chi connectivity index (χ4v) is 4.96. The molecule has 2 N–H and O–H groups in total. The molecule has 26 heavy (non-hydrogen) atoms. The van der Waals surface area contributed by atoms with E-state index in [1.54, 1.807) is 17.1 Å². The average Bonchev–Trinajstić information content (AvgIpc) is 3.31. The second-order valence-corrected chi connectivity index (χ2v) is 8.69. The van der Waals surface area contributed by atoms with E-state index in [1.807, 2.05) is 6.92 Å². The zero-order valence-electron chi connectivity index (χ0n) is 15.1. The van der Waals surface area contributed by atoms with Crippen LogP contribution in [0.15, 0.2) is 17.6 Å². The molecule has 2 aliphatic heterocycles. The van der Waals surface area contributed by atoms with E-state index in [2.05, 4.69) is 15.6 Å². The Kier molecular flexibility index (Phi) is 7.45. The predicted octanol–water partition coefficient (Wildman–Crippen LogP) is 0.594. The van der Waals surface area contributed by atoms with Crippen LogP contribution in [0.25, 0.3) is 0 Å². The van der Waals surface area contributed by atoms with E-state index in [0.29, 0.717) is 26.2 Å². The van der Waals surface area contributed by atoms with Crippen LogP contribution in [0.4, 0.5) is 0 Å². The van der Waals surface area contributed by atoms with Gasteiger partial charge < -0.3 is 15.2 Å². The Morgan fingerprint density at radius 3 is 2.85 bits per heavy atom. The van der Waals surface area contributed by atoms with E-state index in [4.69, 9.17) is 0 Å². The van der Waals surface area contributed by atoms with Gasteiger partial charge in [0.2, 0.25) is 5.91 Å². The van der Waals surface area contributed by atoms with Crippen molar-refractivity contribution in [3.8, 4) is 0 Å². The highest BCUT2D eigenvalue weighted by molar-refractivity contribution is 7.89. The van der Waals surface area contributed by atoms with E-state index in [0.717, 1.165) is 32.2 Å². The highest BCUT2D eigenvalue weighted by Crippen LogP contribution is 2.22. The van der Waals surface area contributed by atoms with E-state index in [9.17, 15) is 13.2 Å². The largest absolute Gasteiger partial charge is 0.354 e. The molecule has 2 saturated heterocycles. The topological polar surface area (TPSA) is 96.3 Å². The summed E-state index contributed by atoms with van der Waals surface area (Å²) in [6.07, 6.45) is 6.74. The number of piperidine rings is 1. The zero-order chi connectivity index (χ0) is 17.9. The monoisotopic (exact) mass is 405 g/mol. The number of hydrogen-bond acceptors (Lipinski definition) is 5. The fourth-order valence-electron chi connectivity index (χ4n) is 3.47. The molecule has 0 bridgehead atoms. The molecule has 2 fully saturated rings. The smallest absolute Gasteiger partial charge is 0.262 e. The Labute approximate surface area is 161 Å². The maximum Gasteiger partial charge on any atom is 0.262 e. The highest BCUT2D eigenvalue weighted by atomic mass is 35.5. The van der Waals surface area contributed by atoms with Crippen LogP contribution in [-0.2, 0) is 21.4 Å². The number of rotatable bonds is 6. The first-order valence-electron chi connectivity index (χ1n) is 9.03. The van der Waals surface area contributed by atoms with Gasteiger partial charge in [0.15, 0.2) is 5.03 Å². The lowest BCUT2D eigenvalue weighted by Crippen LogP contribution is -2.46. The Bertz CT molecular complexity index is 702. The molecule has 0 radical (unpaired) electrons. The molecule has 2 atom stereocenters. The SMILES string of the molecule is CCn1cnc(S(=O)(=O)N2CCCC(CNC(=O)C3CCCN3)C2)c1.Cl. The Morgan fingerprint density at radius 1 is 1.38 bits per heavy atom. The van der Waals surface area contributed by atoms with Gasteiger partial charge in [-0.3, -0.25) is 4.79 Å². The van der Waals surface area contributed by atoms with Crippen LogP contribution < -0.4 is 10.6 Å². The minimum absolute atomic E-state index is 0. The standard InChI is InChI=1S/C16H27N5O3S.ClH/c1-2-20-11-15(19-12-20)25(23,24)21-8-4-5-13(10-21)9-18-16(22)14-6-3-7-17-14;/h11-14,17H,2-10H2,1H3,(H,18,22);1H. The summed E-state index contributed by atoms with van der Waals surface area (Å²) in [6, 6.07) is -0.0959. The third-order valence-corrected chi connectivity index (χ3v) is 6.75. The number of amides is 1. The van der Waals surface area contributed by atoms with Crippen molar-refractivity contribution in [3.05, 3.63) is 12.5 Å². The number of aryl methyl sites for hydroxylation is 1. The Hall–Kier alpha value is -1.16. The molecule has 0 aromatic carbocycles. The molecule has 0 saturated carbocycles. The van der Waals surface area contributed by atoms with Gasteiger partial charge in [-0.2, -0.15) is 4.31 Å². The third kappa shape index (κ3) is 4.76. The molecule has 1 aromatic rings. The van der Waals surface area contributed by atoms with Crippen molar-refractivity contribution in [2.45, 2.75) is 50.2 Å². The summed E-state index contributed by atoms with van der Waals surface area (Å²) in [4.78, 5) is 16.1. The third-order valence-electron chi connectivity index (χ3n) is 5.00. The van der Waals surface area contributed by atoms with Gasteiger partial charge in [0, 0.05) is 32.4 Å². The van der Waals surface area contributed by atoms with Crippen molar-refractivity contribution in [1.29, 1.82) is 0 Å². The summed E-state index contributed by atoms with van der Waals surface area (Å²) in [5.41, 5.74) is 0. The number of imidazole rings is 1. The number of aromatic nitrogens is 2. The molecule has 3 rings (SSSR count). The highest BCUT2D eigenvalue weighted by Gasteiger charge is 2.32. The number of carbonyl (C=O) groups excluding carboxylic acids is 1. The number of nitrogens with one attached hydrogen (secondary N) is 2. The molecule has 0 spiro atoms. The van der Waals surface area contributed by atoms with Gasteiger partial charge in [-0.15, -0.1) is 12.4 Å². The summed E-state index contributed by atoms with van der Waals surface area (Å²) < 4.78 is 28.8. The van der Waals surface area contributed by atoms with Gasteiger partial charge in [0.1, 0.15) is 0 Å². The van der Waals surface area contributed by atoms with Crippen molar-refractivity contribution >= 4 is 28.3 Å². The Balaban J connectivity index is 0.00000243. The van der Waals surface area contributed by atoms with Crippen LogP contribution in [0.5, 0.6) is 0 Å². The molecule has 1 amide bonds. The van der Waals surface area contributed by atoms with Crippen molar-refractivity contribution in [3.63, 3.8) is 0 Å². The van der Waals surface area contributed by atoms with Crippen LogP contribution in [0.2, 0.25) is 0 Å². The minimum Gasteiger partial charge on any atom is -0.354 e. The number of hydrogen-bond donors (Lipinski definition) is 2. The summed E-state index contributed by atoms with van der Waals surface area (Å²) in [5, 5.41) is 6.26. The van der Waals surface area contributed by atoms with Crippen molar-refractivity contribution < 1.29 is 13.2 Å². The fraction of sp³-hybridized carbons (Fsp3) is 0.750. The van der Waals surface area contributed by atoms with Crippen LogP contribution >= 0.6 is 12.4 Å². The maximum absolute atomic E-state index is 12.8. The zero-order valence-corrected chi connectivity index (χ0v) is 16.7. The molecule has 10 heteroatoms. The molecular weight excluding hydrogens is 378 g/mol. The molecule has 148 valence electrons. The molecular formula is C16H28ClN5O3S. The van der Waals surface area contributed by atoms with Gasteiger partial charge in [0.25, 0.3) is 10.0 Å². The summed E-state index contributed by atoms with van der Waals surface area (Å²) >= 11 is 0. The van der Waals surface area contributed by atoms with Crippen LogP contribution in [0, 0.1) is 5.92 Å². The van der Waals surface area contributed by atoms with Gasteiger partial charge >= 0.3 is 0 Å². The van der Waals surface area contributed by atoms with Crippen molar-refractivity contribution in [2.24, 2.45) is 5.92 Å². The molecule has 1 aromatic heterocycles. The van der Waals surface area contributed by atoms with Gasteiger partial charge in [-0.1, -0.05) is 0 Å². The van der Waals surface area contributed by atoms with E-state index < -0.39 is 10.0 Å². The molecule has 8 nitrogen and oxygen atoms in total. The molecule has 3 heterocycles. The summed E-state index contributed by atoms with van der Waals surface area (Å²) in [6.45, 7) is 4.98. The number of carbonyl (C=O) groups is 1. The number of sulfonamides is 1. The van der Waals surface area contributed by atoms with Crippen LogP contribution in [0.1, 0.15) is 32.6 Å². The quantitative estimate of drug-likeness (QED) is 0.722. The minimum atomic E-state index is -3.56. The molecule has 2 aliphatic rings. The number of nitrogens with zero attached hydrogens (tertiary/aromatic N) is 3. The summed E-state index contributed by atoms with van der Waals surface area (Å²) in [7, 11) is -3.56. The second kappa shape index (κ2) is 9.16. The lowest BCUT2D eigenvalue weighted by Gasteiger charge is -2.31. The maximum atomic E-state index is 12.8. The van der Waals surface area contributed by atoms with E-state index in [-0.39, 0.29) is 35.3 Å². The van der Waals surface area contributed by atoms with Gasteiger partial charge in [0.05, 0.1) is 12.4 Å². The van der Waals surface area contributed by atoms with E-state index in [1.165, 1.54) is 4.31 Å². The first kappa shape index (κ1) is 21.1. The van der Waals surface area contributed by atoms with E-state index >= 15 is 0 Å². The van der Waals surface area contributed by atoms with Gasteiger partial charge in [-0.25, -0.2) is 13.4 Å². The van der Waals surface area contributed by atoms with Crippen LogP contribution in [-0.4, -0.2) is 60.4 Å². The normalized spacial score (nSPS) is 24.2. The second-order valence-electron chi connectivity index (χ2n) is 6.81. The van der Waals surface area contributed by atoms with Crippen molar-refractivity contribution in [2.75, 3.05) is 26.2 Å². The predicted molar refractivity (Wildman–Crippen MR) is 101 cm³/mol. The van der Waals surface area contributed by atoms with Gasteiger partial charge in [-0.05, 0) is 45.1 Å². The number of halogens is 1. The average molecular weight is 406 g/mol. The molecule has 2 unspecified atom stereocenters. The lowest BCUT2D eigenvalue weighted by molar-refractivity contribution is -0.123.